The molecule has 5 N–H and O–H groups in total. The number of nitrogens with zero attached hydrogens (tertiary/aromatic N) is 2. The molecule has 4 aromatic rings. The van der Waals surface area contributed by atoms with Crippen molar-refractivity contribution in [2.45, 2.75) is 43.7 Å². The molecule has 12 nitrogen and oxygen atoms in total. The molecule has 1 aromatic heterocycles. The van der Waals surface area contributed by atoms with Gasteiger partial charge in [-0.3, -0.25) is 10.2 Å². The van der Waals surface area contributed by atoms with Crippen LogP contribution in [0.2, 0.25) is 0 Å². The Balaban J connectivity index is 1.57. The lowest BCUT2D eigenvalue weighted by Gasteiger charge is -2.21. The summed E-state index contributed by atoms with van der Waals surface area (Å²) in [5.41, 5.74) is 7.18. The zero-order valence-corrected chi connectivity index (χ0v) is 27.9. The minimum absolute atomic E-state index is 0.0936. The fourth-order valence-electron chi connectivity index (χ4n) is 4.49. The third-order valence-electron chi connectivity index (χ3n) is 6.74. The minimum Gasteiger partial charge on any atom is -0.497 e. The Kier molecular flexibility index (Phi) is 10.7. The average molecular weight is 667 g/mol. The Morgan fingerprint density at radius 1 is 1.07 bits per heavy atom. The SMILES string of the molecule is COc1ccc2nc(C(Cc3cccc(C(=N)N)c3)NS(=O)(=O)c3cccc(C(=O)N(C)CCNC(=O)OC(C)(C)C)c3)sc2c1. The van der Waals surface area contributed by atoms with E-state index in [0.29, 0.717) is 21.8 Å². The fraction of sp³-hybridized carbons (Fsp3) is 0.312. The maximum Gasteiger partial charge on any atom is 0.407 e. The van der Waals surface area contributed by atoms with Gasteiger partial charge in [0.1, 0.15) is 22.2 Å². The summed E-state index contributed by atoms with van der Waals surface area (Å²) in [6, 6.07) is 17.5. The number of methoxy groups -OCH3 is 1. The molecule has 14 heteroatoms. The number of carbonyl (C=O) groups excluding carboxylic acids is 2. The van der Waals surface area contributed by atoms with Gasteiger partial charge in [0.05, 0.1) is 28.3 Å². The van der Waals surface area contributed by atoms with Crippen molar-refractivity contribution >= 4 is 49.4 Å². The Morgan fingerprint density at radius 2 is 1.78 bits per heavy atom. The van der Waals surface area contributed by atoms with E-state index in [9.17, 15) is 18.0 Å². The average Bonchev–Trinajstić information content (AvgIpc) is 3.43. The second-order valence-electron chi connectivity index (χ2n) is 11.6. The number of thiazole rings is 1. The maximum absolute atomic E-state index is 13.8. The van der Waals surface area contributed by atoms with E-state index in [-0.39, 0.29) is 35.8 Å². The lowest BCUT2D eigenvalue weighted by molar-refractivity contribution is 0.0517. The lowest BCUT2D eigenvalue weighted by Crippen LogP contribution is -2.38. The van der Waals surface area contributed by atoms with Gasteiger partial charge in [0.2, 0.25) is 10.0 Å². The highest BCUT2D eigenvalue weighted by Gasteiger charge is 2.26. The summed E-state index contributed by atoms with van der Waals surface area (Å²) in [6.07, 6.45) is -0.370. The van der Waals surface area contributed by atoms with E-state index < -0.39 is 33.7 Å². The standard InChI is InChI=1S/C32H38N6O6S2/c1-32(2,3)44-31(40)35-14-15-38(4)30(39)22-10-7-11-24(18-22)46(41,42)37-26(17-20-8-6-9-21(16-20)28(33)34)29-36-25-13-12-23(43-5)19-27(25)45-29/h6-13,16,18-19,26,37H,14-15,17H2,1-5H3,(H3,33,34)(H,35,40). The van der Waals surface area contributed by atoms with Crippen LogP contribution >= 0.6 is 11.3 Å². The van der Waals surface area contributed by atoms with Crippen molar-refractivity contribution in [3.63, 3.8) is 0 Å². The molecule has 0 fully saturated rings. The third-order valence-corrected chi connectivity index (χ3v) is 9.34. The van der Waals surface area contributed by atoms with Crippen LogP contribution in [0.1, 0.15) is 53.3 Å². The molecular weight excluding hydrogens is 629 g/mol. The highest BCUT2D eigenvalue weighted by Crippen LogP contribution is 2.32. The number of benzene rings is 3. The summed E-state index contributed by atoms with van der Waals surface area (Å²) in [6.45, 7) is 5.59. The van der Waals surface area contributed by atoms with Gasteiger partial charge in [0.15, 0.2) is 0 Å². The molecule has 0 aliphatic rings. The maximum atomic E-state index is 13.8. The van der Waals surface area contributed by atoms with E-state index >= 15 is 0 Å². The predicted octanol–water partition coefficient (Wildman–Crippen LogP) is 4.45. The van der Waals surface area contributed by atoms with Gasteiger partial charge in [0, 0.05) is 31.3 Å². The lowest BCUT2D eigenvalue weighted by atomic mass is 10.0. The summed E-state index contributed by atoms with van der Waals surface area (Å²) >= 11 is 1.34. The normalized spacial score (nSPS) is 12.4. The molecule has 0 saturated heterocycles. The van der Waals surface area contributed by atoms with E-state index in [4.69, 9.17) is 25.6 Å². The van der Waals surface area contributed by atoms with Crippen molar-refractivity contribution in [2.75, 3.05) is 27.2 Å². The number of amidine groups is 1. The molecule has 0 aliphatic heterocycles. The second kappa shape index (κ2) is 14.3. The van der Waals surface area contributed by atoms with Crippen LogP contribution < -0.4 is 20.5 Å². The first-order valence-corrected chi connectivity index (χ1v) is 16.7. The number of fused-ring (bicyclic) bond motifs is 1. The molecule has 1 heterocycles. The smallest absolute Gasteiger partial charge is 0.407 e. The highest BCUT2D eigenvalue weighted by atomic mass is 32.2. The van der Waals surface area contributed by atoms with Crippen molar-refractivity contribution in [1.82, 2.24) is 19.9 Å². The number of hydrogen-bond acceptors (Lipinski definition) is 9. The van der Waals surface area contributed by atoms with Gasteiger partial charge in [-0.25, -0.2) is 22.9 Å². The van der Waals surface area contributed by atoms with Crippen molar-refractivity contribution < 1.29 is 27.5 Å². The molecule has 2 amide bonds. The van der Waals surface area contributed by atoms with E-state index in [0.717, 1.165) is 10.3 Å². The fourth-order valence-corrected chi connectivity index (χ4v) is 6.86. The number of sulfonamides is 1. The Hall–Kier alpha value is -4.53. The van der Waals surface area contributed by atoms with E-state index in [1.54, 1.807) is 59.2 Å². The molecular formula is C32H38N6O6S2. The molecule has 0 spiro atoms. The number of nitrogens with one attached hydrogen (secondary N) is 3. The van der Waals surface area contributed by atoms with E-state index in [1.807, 2.05) is 18.2 Å². The summed E-state index contributed by atoms with van der Waals surface area (Å²) in [7, 11) is -1.02. The van der Waals surface area contributed by atoms with Crippen LogP contribution in [-0.4, -0.2) is 69.0 Å². The van der Waals surface area contributed by atoms with Crippen molar-refractivity contribution in [1.29, 1.82) is 5.41 Å². The van der Waals surface area contributed by atoms with Crippen molar-refractivity contribution in [3.8, 4) is 5.75 Å². The number of nitrogens with two attached hydrogens (primary N) is 1. The molecule has 46 heavy (non-hydrogen) atoms. The molecule has 4 rings (SSSR count). The summed E-state index contributed by atoms with van der Waals surface area (Å²) in [5.74, 6) is 0.139. The van der Waals surface area contributed by atoms with Crippen LogP contribution in [0.15, 0.2) is 71.6 Å². The number of ether oxygens (including phenoxy) is 2. The zero-order valence-electron chi connectivity index (χ0n) is 26.3. The van der Waals surface area contributed by atoms with Crippen LogP contribution in [0.3, 0.4) is 0 Å². The first-order chi connectivity index (χ1) is 21.6. The number of carbonyl (C=O) groups is 2. The number of rotatable bonds is 12. The van der Waals surface area contributed by atoms with Crippen LogP contribution in [-0.2, 0) is 21.2 Å². The van der Waals surface area contributed by atoms with Gasteiger partial charge >= 0.3 is 6.09 Å². The summed E-state index contributed by atoms with van der Waals surface area (Å²) in [5, 5.41) is 10.9. The Morgan fingerprint density at radius 3 is 2.48 bits per heavy atom. The number of alkyl carbamates (subject to hydrolysis) is 1. The van der Waals surface area contributed by atoms with Gasteiger partial charge in [0.25, 0.3) is 5.91 Å². The first kappa shape index (κ1) is 34.3. The zero-order chi connectivity index (χ0) is 33.6. The summed E-state index contributed by atoms with van der Waals surface area (Å²) < 4.78 is 41.8. The van der Waals surface area contributed by atoms with Crippen LogP contribution in [0, 0.1) is 5.41 Å². The number of likely N-dealkylation sites (N-methyl/N-ethyl adjacent to an activating group) is 1. The van der Waals surface area contributed by atoms with Crippen LogP contribution in [0.5, 0.6) is 5.75 Å². The van der Waals surface area contributed by atoms with Crippen LogP contribution in [0.25, 0.3) is 10.2 Å². The molecule has 0 aliphatic carbocycles. The van der Waals surface area contributed by atoms with Gasteiger partial charge in [-0.2, -0.15) is 0 Å². The number of nitrogen functional groups attached to an aromatic ring is 1. The van der Waals surface area contributed by atoms with Gasteiger partial charge in [-0.05, 0) is 75.2 Å². The predicted molar refractivity (Wildman–Crippen MR) is 178 cm³/mol. The quantitative estimate of drug-likeness (QED) is 0.127. The summed E-state index contributed by atoms with van der Waals surface area (Å²) in [4.78, 5) is 31.1. The number of aromatic nitrogens is 1. The van der Waals surface area contributed by atoms with Crippen molar-refractivity contribution in [3.05, 3.63) is 88.4 Å². The van der Waals surface area contributed by atoms with Crippen molar-refractivity contribution in [2.24, 2.45) is 5.73 Å². The molecule has 0 bridgehead atoms. The molecule has 0 saturated carbocycles. The van der Waals surface area contributed by atoms with E-state index in [1.165, 1.54) is 40.5 Å². The topological polar surface area (TPSA) is 177 Å². The molecule has 0 radical (unpaired) electrons. The Labute approximate surface area is 272 Å². The van der Waals surface area contributed by atoms with Gasteiger partial charge < -0.3 is 25.4 Å². The highest BCUT2D eigenvalue weighted by molar-refractivity contribution is 7.89. The third kappa shape index (κ3) is 9.02. The number of hydrogen-bond donors (Lipinski definition) is 4. The number of amides is 2. The monoisotopic (exact) mass is 666 g/mol. The van der Waals surface area contributed by atoms with E-state index in [2.05, 4.69) is 10.0 Å². The van der Waals surface area contributed by atoms with Crippen LogP contribution in [0.4, 0.5) is 4.79 Å². The minimum atomic E-state index is -4.15. The van der Waals surface area contributed by atoms with Gasteiger partial charge in [-0.1, -0.05) is 24.3 Å². The second-order valence-corrected chi connectivity index (χ2v) is 14.3. The molecule has 244 valence electrons. The Bertz CT molecular complexity index is 1850. The first-order valence-electron chi connectivity index (χ1n) is 14.4. The van der Waals surface area contributed by atoms with Gasteiger partial charge in [-0.15, -0.1) is 11.3 Å². The largest absolute Gasteiger partial charge is 0.497 e. The molecule has 3 aromatic carbocycles. The molecule has 1 unspecified atom stereocenters. The molecule has 1 atom stereocenters.